The lowest BCUT2D eigenvalue weighted by molar-refractivity contribution is -0.133. The summed E-state index contributed by atoms with van der Waals surface area (Å²) in [5.41, 5.74) is 2.55. The van der Waals surface area contributed by atoms with Gasteiger partial charge >= 0.3 is 0 Å². The predicted octanol–water partition coefficient (Wildman–Crippen LogP) is 5.17. The van der Waals surface area contributed by atoms with E-state index in [1.807, 2.05) is 21.9 Å². The fourth-order valence-electron chi connectivity index (χ4n) is 5.45. The van der Waals surface area contributed by atoms with Crippen LogP contribution in [0.5, 0.6) is 0 Å². The number of nitrogens with one attached hydrogen (secondary N) is 2. The number of unbranched alkanes of at least 4 members (excludes halogenated alkanes) is 2. The van der Waals surface area contributed by atoms with Crippen molar-refractivity contribution >= 4 is 43.7 Å². The van der Waals surface area contributed by atoms with E-state index in [9.17, 15) is 9.59 Å². The van der Waals surface area contributed by atoms with Gasteiger partial charge in [-0.15, -0.1) is 0 Å². The molecule has 1 fully saturated rings. The Morgan fingerprint density at radius 3 is 1.22 bits per heavy atom. The zero-order chi connectivity index (χ0) is 35.5. The molecular formula is C38H58Br2N4O6. The van der Waals surface area contributed by atoms with Crippen LogP contribution in [-0.4, -0.2) is 123 Å². The summed E-state index contributed by atoms with van der Waals surface area (Å²) in [6.07, 6.45) is 5.45. The van der Waals surface area contributed by atoms with E-state index in [-0.39, 0.29) is 21.5 Å². The zero-order valence-corrected chi connectivity index (χ0v) is 32.8. The van der Waals surface area contributed by atoms with E-state index in [2.05, 4.69) is 91.0 Å². The highest BCUT2D eigenvalue weighted by atomic mass is 79.9. The Labute approximate surface area is 316 Å². The molecule has 0 saturated carbocycles. The second-order valence-electron chi connectivity index (χ2n) is 12.4. The van der Waals surface area contributed by atoms with Crippen LogP contribution in [0.15, 0.2) is 60.7 Å². The third-order valence-corrected chi connectivity index (χ3v) is 10.1. The molecule has 1 saturated heterocycles. The van der Waals surface area contributed by atoms with E-state index in [4.69, 9.17) is 18.9 Å². The molecule has 0 aliphatic carbocycles. The average molecular weight is 827 g/mol. The lowest BCUT2D eigenvalue weighted by Gasteiger charge is -2.26. The van der Waals surface area contributed by atoms with E-state index in [0.29, 0.717) is 79.0 Å². The van der Waals surface area contributed by atoms with E-state index >= 15 is 0 Å². The van der Waals surface area contributed by atoms with Crippen LogP contribution in [0.4, 0.5) is 0 Å². The third kappa shape index (κ3) is 19.1. The molecule has 0 bridgehead atoms. The Balaban J connectivity index is 1.31. The molecule has 10 nitrogen and oxygen atoms in total. The first-order chi connectivity index (χ1) is 24.5. The number of amides is 2. The molecule has 2 amide bonds. The molecule has 280 valence electrons. The summed E-state index contributed by atoms with van der Waals surface area (Å²) in [5, 5.41) is 6.95. The lowest BCUT2D eigenvalue weighted by Crippen LogP contribution is -2.42. The number of benzene rings is 2. The van der Waals surface area contributed by atoms with Gasteiger partial charge in [0.2, 0.25) is 11.8 Å². The predicted molar refractivity (Wildman–Crippen MR) is 206 cm³/mol. The maximum absolute atomic E-state index is 13.3. The molecule has 0 spiro atoms. The van der Waals surface area contributed by atoms with Crippen LogP contribution in [0.3, 0.4) is 0 Å². The average Bonchev–Trinajstić information content (AvgIpc) is 3.14. The Bertz CT molecular complexity index is 1040. The quantitative estimate of drug-likeness (QED) is 0.177. The lowest BCUT2D eigenvalue weighted by atomic mass is 10.1. The van der Waals surface area contributed by atoms with Gasteiger partial charge in [0.1, 0.15) is 0 Å². The van der Waals surface area contributed by atoms with E-state index in [0.717, 1.165) is 64.7 Å². The normalized spacial score (nSPS) is 17.4. The number of carbonyl (C=O) groups is 2. The standard InChI is InChI=1S/C38H58Br2N4O6/c39-35(15-7-9-17-41-31-33-11-3-1-4-12-33)37(45)43-19-23-47-27-29-49-25-21-44(22-26-50-30-28-48-24-20-43)38(46)36(40)16-8-10-18-42-32-34-13-5-2-6-14-34/h1-6,11-14,35-36,41-42H,7-10,15-32H2/t35-,36-/m0/s1. The van der Waals surface area contributed by atoms with Gasteiger partial charge < -0.3 is 39.4 Å². The van der Waals surface area contributed by atoms with Crippen LogP contribution in [0.2, 0.25) is 0 Å². The first-order valence-electron chi connectivity index (χ1n) is 18.2. The Hall–Kier alpha value is -1.90. The van der Waals surface area contributed by atoms with Gasteiger partial charge in [0.05, 0.1) is 62.5 Å². The molecule has 2 aromatic rings. The number of rotatable bonds is 16. The van der Waals surface area contributed by atoms with Gasteiger partial charge in [0, 0.05) is 39.3 Å². The molecule has 0 radical (unpaired) electrons. The van der Waals surface area contributed by atoms with Crippen molar-refractivity contribution in [3.05, 3.63) is 71.8 Å². The van der Waals surface area contributed by atoms with Gasteiger partial charge in [0.25, 0.3) is 0 Å². The van der Waals surface area contributed by atoms with Crippen molar-refractivity contribution in [1.29, 1.82) is 0 Å². The van der Waals surface area contributed by atoms with Crippen molar-refractivity contribution in [3.63, 3.8) is 0 Å². The number of alkyl halides is 2. The Morgan fingerprint density at radius 2 is 0.880 bits per heavy atom. The summed E-state index contributed by atoms with van der Waals surface area (Å²) in [4.78, 5) is 29.7. The van der Waals surface area contributed by atoms with Crippen LogP contribution < -0.4 is 10.6 Å². The monoisotopic (exact) mass is 824 g/mol. The maximum Gasteiger partial charge on any atom is 0.236 e. The summed E-state index contributed by atoms with van der Waals surface area (Å²) in [6.45, 7) is 8.81. The van der Waals surface area contributed by atoms with Crippen LogP contribution in [0.25, 0.3) is 0 Å². The summed E-state index contributed by atoms with van der Waals surface area (Å²) in [7, 11) is 0. The van der Waals surface area contributed by atoms with Crippen LogP contribution in [0, 0.1) is 0 Å². The van der Waals surface area contributed by atoms with Gasteiger partial charge in [0.15, 0.2) is 0 Å². The van der Waals surface area contributed by atoms with Crippen molar-refractivity contribution in [2.24, 2.45) is 0 Å². The van der Waals surface area contributed by atoms with Crippen molar-refractivity contribution in [2.75, 3.05) is 92.1 Å². The highest BCUT2D eigenvalue weighted by molar-refractivity contribution is 9.10. The summed E-state index contributed by atoms with van der Waals surface area (Å²) in [6, 6.07) is 20.7. The van der Waals surface area contributed by atoms with Crippen molar-refractivity contribution in [3.8, 4) is 0 Å². The number of carbonyl (C=O) groups excluding carboxylic acids is 2. The maximum atomic E-state index is 13.3. The fraction of sp³-hybridized carbons (Fsp3) is 0.632. The molecular weight excluding hydrogens is 768 g/mol. The van der Waals surface area contributed by atoms with Gasteiger partial charge in [-0.3, -0.25) is 9.59 Å². The van der Waals surface area contributed by atoms with Gasteiger partial charge in [-0.2, -0.15) is 0 Å². The number of hydrogen-bond acceptors (Lipinski definition) is 8. The van der Waals surface area contributed by atoms with Crippen molar-refractivity contribution in [1.82, 2.24) is 20.4 Å². The Kier molecular flexibility index (Phi) is 23.6. The molecule has 2 atom stereocenters. The SMILES string of the molecule is O=C([C@@H](Br)CCCCNCc1ccccc1)N1CCOCCOCCN(C(=O)[C@@H](Br)CCCCNCc2ccccc2)CCOCCOCC1. The minimum Gasteiger partial charge on any atom is -0.377 e. The molecule has 2 N–H and O–H groups in total. The zero-order valence-electron chi connectivity index (χ0n) is 29.6. The second kappa shape index (κ2) is 27.7. The smallest absolute Gasteiger partial charge is 0.236 e. The Morgan fingerprint density at radius 1 is 0.540 bits per heavy atom. The number of halogens is 2. The number of ether oxygens (including phenoxy) is 4. The molecule has 1 heterocycles. The molecule has 0 aromatic heterocycles. The highest BCUT2D eigenvalue weighted by Gasteiger charge is 2.23. The molecule has 1 aliphatic heterocycles. The number of nitrogens with zero attached hydrogens (tertiary/aromatic N) is 2. The first kappa shape index (κ1) is 42.5. The van der Waals surface area contributed by atoms with Gasteiger partial charge in [-0.25, -0.2) is 0 Å². The number of hydrogen-bond donors (Lipinski definition) is 2. The first-order valence-corrected chi connectivity index (χ1v) is 20.0. The van der Waals surface area contributed by atoms with Crippen molar-refractivity contribution < 1.29 is 28.5 Å². The minimum atomic E-state index is -0.243. The molecule has 50 heavy (non-hydrogen) atoms. The largest absolute Gasteiger partial charge is 0.377 e. The third-order valence-electron chi connectivity index (χ3n) is 8.39. The molecule has 12 heteroatoms. The fourth-order valence-corrected chi connectivity index (χ4v) is 6.68. The van der Waals surface area contributed by atoms with Crippen LogP contribution >= 0.6 is 31.9 Å². The molecule has 3 rings (SSSR count). The van der Waals surface area contributed by atoms with Crippen molar-refractivity contribution in [2.45, 2.75) is 61.3 Å². The molecule has 1 aliphatic rings. The van der Waals surface area contributed by atoms with Crippen LogP contribution in [0.1, 0.15) is 49.7 Å². The van der Waals surface area contributed by atoms with Crippen LogP contribution in [-0.2, 0) is 41.6 Å². The molecule has 0 unspecified atom stereocenters. The van der Waals surface area contributed by atoms with E-state index < -0.39 is 0 Å². The van der Waals surface area contributed by atoms with Gasteiger partial charge in [-0.05, 0) is 49.9 Å². The second-order valence-corrected chi connectivity index (χ2v) is 14.6. The summed E-state index contributed by atoms with van der Waals surface area (Å²) < 4.78 is 23.3. The topological polar surface area (TPSA) is 102 Å². The molecule has 2 aromatic carbocycles. The summed E-state index contributed by atoms with van der Waals surface area (Å²) in [5.74, 6) is 0.122. The van der Waals surface area contributed by atoms with Gasteiger partial charge in [-0.1, -0.05) is 105 Å². The van der Waals surface area contributed by atoms with E-state index in [1.54, 1.807) is 0 Å². The van der Waals surface area contributed by atoms with E-state index in [1.165, 1.54) is 11.1 Å². The highest BCUT2D eigenvalue weighted by Crippen LogP contribution is 2.15. The minimum absolute atomic E-state index is 0.0610. The summed E-state index contributed by atoms with van der Waals surface area (Å²) >= 11 is 7.27.